The molecule has 2 fully saturated rings. The minimum absolute atomic E-state index is 0.340. The van der Waals surface area contributed by atoms with Crippen LogP contribution in [-0.4, -0.2) is 23.8 Å². The highest BCUT2D eigenvalue weighted by Gasteiger charge is 2.44. The van der Waals surface area contributed by atoms with Crippen molar-refractivity contribution in [1.29, 1.82) is 0 Å². The van der Waals surface area contributed by atoms with E-state index in [2.05, 4.69) is 0 Å². The molecule has 0 spiro atoms. The molecule has 0 bridgehead atoms. The molecule has 1 saturated carbocycles. The van der Waals surface area contributed by atoms with Crippen LogP contribution in [0.15, 0.2) is 0 Å². The monoisotopic (exact) mass is 198 g/mol. The second-order valence-electron chi connectivity index (χ2n) is 4.61. The van der Waals surface area contributed by atoms with Gasteiger partial charge in [-0.15, -0.1) is 0 Å². The first-order valence-electron chi connectivity index (χ1n) is 5.58. The van der Waals surface area contributed by atoms with Crippen LogP contribution in [0.5, 0.6) is 0 Å². The zero-order valence-corrected chi connectivity index (χ0v) is 8.50. The van der Waals surface area contributed by atoms with E-state index in [4.69, 9.17) is 9.84 Å². The van der Waals surface area contributed by atoms with Crippen molar-refractivity contribution in [2.24, 2.45) is 5.41 Å². The van der Waals surface area contributed by atoms with Crippen LogP contribution in [0.2, 0.25) is 0 Å². The maximum Gasteiger partial charge on any atom is 0.309 e. The summed E-state index contributed by atoms with van der Waals surface area (Å²) >= 11 is 0. The Bertz CT molecular complexity index is 215. The molecule has 0 radical (unpaired) electrons. The molecular formula is C11H18O3. The van der Waals surface area contributed by atoms with E-state index in [1.165, 1.54) is 0 Å². The summed E-state index contributed by atoms with van der Waals surface area (Å²) in [4.78, 5) is 11.1. The molecule has 0 aromatic carbocycles. The third-order valence-corrected chi connectivity index (χ3v) is 3.73. The number of rotatable bonds is 4. The van der Waals surface area contributed by atoms with E-state index in [9.17, 15) is 4.79 Å². The number of carbonyl (C=O) groups is 1. The Labute approximate surface area is 84.4 Å². The molecule has 0 aromatic rings. The number of hydrogen-bond donors (Lipinski definition) is 1. The van der Waals surface area contributed by atoms with Gasteiger partial charge in [-0.2, -0.15) is 0 Å². The van der Waals surface area contributed by atoms with Gasteiger partial charge in [0.1, 0.15) is 0 Å². The zero-order chi connectivity index (χ0) is 10.0. The minimum Gasteiger partial charge on any atom is -0.481 e. The SMILES string of the molecule is O=C(O)C1(CCC2CCCO2)CCC1. The summed E-state index contributed by atoms with van der Waals surface area (Å²) < 4.78 is 5.50. The Balaban J connectivity index is 1.80. The summed E-state index contributed by atoms with van der Waals surface area (Å²) in [5.74, 6) is -0.596. The Morgan fingerprint density at radius 3 is 2.64 bits per heavy atom. The van der Waals surface area contributed by atoms with Crippen molar-refractivity contribution in [2.75, 3.05) is 6.61 Å². The molecule has 80 valence electrons. The van der Waals surface area contributed by atoms with Gasteiger partial charge < -0.3 is 9.84 Å². The fraction of sp³-hybridized carbons (Fsp3) is 0.909. The first-order chi connectivity index (χ1) is 6.73. The van der Waals surface area contributed by atoms with E-state index >= 15 is 0 Å². The van der Waals surface area contributed by atoms with E-state index < -0.39 is 5.97 Å². The van der Waals surface area contributed by atoms with Crippen molar-refractivity contribution in [2.45, 2.75) is 51.0 Å². The van der Waals surface area contributed by atoms with Gasteiger partial charge in [-0.25, -0.2) is 0 Å². The third kappa shape index (κ3) is 1.78. The average molecular weight is 198 g/mol. The molecule has 0 aromatic heterocycles. The smallest absolute Gasteiger partial charge is 0.309 e. The third-order valence-electron chi connectivity index (χ3n) is 3.73. The van der Waals surface area contributed by atoms with Crippen LogP contribution >= 0.6 is 0 Å². The molecule has 2 rings (SSSR count). The number of carboxylic acid groups (broad SMARTS) is 1. The summed E-state index contributed by atoms with van der Waals surface area (Å²) in [6.07, 6.45) is 7.17. The van der Waals surface area contributed by atoms with Crippen LogP contribution in [0.1, 0.15) is 44.9 Å². The standard InChI is InChI=1S/C11H18O3/c12-10(13)11(5-2-6-11)7-4-9-3-1-8-14-9/h9H,1-8H2,(H,12,13). The average Bonchev–Trinajstić information content (AvgIpc) is 2.53. The highest BCUT2D eigenvalue weighted by atomic mass is 16.5. The molecule has 1 heterocycles. The number of ether oxygens (including phenoxy) is 1. The molecule has 1 saturated heterocycles. The summed E-state index contributed by atoms with van der Waals surface area (Å²) in [6.45, 7) is 0.866. The maximum atomic E-state index is 11.1. The van der Waals surface area contributed by atoms with E-state index in [0.717, 1.165) is 51.6 Å². The lowest BCUT2D eigenvalue weighted by molar-refractivity contribution is -0.155. The lowest BCUT2D eigenvalue weighted by atomic mass is 9.66. The predicted molar refractivity (Wildman–Crippen MR) is 52.1 cm³/mol. The largest absolute Gasteiger partial charge is 0.481 e. The molecule has 1 atom stereocenters. The van der Waals surface area contributed by atoms with Crippen molar-refractivity contribution in [3.05, 3.63) is 0 Å². The van der Waals surface area contributed by atoms with Gasteiger partial charge in [0, 0.05) is 6.61 Å². The molecule has 1 aliphatic carbocycles. The number of hydrogen-bond acceptors (Lipinski definition) is 2. The van der Waals surface area contributed by atoms with Crippen molar-refractivity contribution in [1.82, 2.24) is 0 Å². The fourth-order valence-corrected chi connectivity index (χ4v) is 2.48. The molecule has 1 aliphatic heterocycles. The molecule has 3 nitrogen and oxygen atoms in total. The van der Waals surface area contributed by atoms with E-state index in [-0.39, 0.29) is 5.41 Å². The van der Waals surface area contributed by atoms with Gasteiger partial charge in [0.25, 0.3) is 0 Å². The summed E-state index contributed by atoms with van der Waals surface area (Å²) in [5.41, 5.74) is -0.383. The second kappa shape index (κ2) is 3.89. The van der Waals surface area contributed by atoms with Gasteiger partial charge >= 0.3 is 5.97 Å². The number of aliphatic carboxylic acids is 1. The number of carboxylic acids is 1. The maximum absolute atomic E-state index is 11.1. The highest BCUT2D eigenvalue weighted by molar-refractivity contribution is 5.75. The molecule has 2 aliphatic rings. The highest BCUT2D eigenvalue weighted by Crippen LogP contribution is 2.45. The Hall–Kier alpha value is -0.570. The first kappa shape index (κ1) is 9.97. The topological polar surface area (TPSA) is 46.5 Å². The van der Waals surface area contributed by atoms with Gasteiger partial charge in [-0.1, -0.05) is 6.42 Å². The normalized spacial score (nSPS) is 29.9. The summed E-state index contributed by atoms with van der Waals surface area (Å²) in [7, 11) is 0. The summed E-state index contributed by atoms with van der Waals surface area (Å²) in [5, 5.41) is 9.12. The van der Waals surface area contributed by atoms with Crippen molar-refractivity contribution in [3.63, 3.8) is 0 Å². The van der Waals surface area contributed by atoms with Crippen LogP contribution < -0.4 is 0 Å². The van der Waals surface area contributed by atoms with E-state index in [0.29, 0.717) is 6.10 Å². The van der Waals surface area contributed by atoms with E-state index in [1.807, 2.05) is 0 Å². The van der Waals surface area contributed by atoms with Crippen LogP contribution in [0, 0.1) is 5.41 Å². The predicted octanol–water partition coefficient (Wildman–Crippen LogP) is 2.20. The van der Waals surface area contributed by atoms with Crippen molar-refractivity contribution >= 4 is 5.97 Å². The zero-order valence-electron chi connectivity index (χ0n) is 8.50. The second-order valence-corrected chi connectivity index (χ2v) is 4.61. The van der Waals surface area contributed by atoms with Crippen molar-refractivity contribution < 1.29 is 14.6 Å². The summed E-state index contributed by atoms with van der Waals surface area (Å²) in [6, 6.07) is 0. The lowest BCUT2D eigenvalue weighted by Crippen LogP contribution is -2.38. The van der Waals surface area contributed by atoms with Crippen LogP contribution in [0.4, 0.5) is 0 Å². The molecule has 1 N–H and O–H groups in total. The Morgan fingerprint density at radius 1 is 1.43 bits per heavy atom. The van der Waals surface area contributed by atoms with Gasteiger partial charge in [-0.3, -0.25) is 4.79 Å². The lowest BCUT2D eigenvalue weighted by Gasteiger charge is -2.38. The molecule has 3 heteroatoms. The molecule has 1 unspecified atom stereocenters. The molecule has 0 amide bonds. The van der Waals surface area contributed by atoms with Gasteiger partial charge in [0.15, 0.2) is 0 Å². The van der Waals surface area contributed by atoms with Gasteiger partial charge in [-0.05, 0) is 38.5 Å². The van der Waals surface area contributed by atoms with Gasteiger partial charge in [0.2, 0.25) is 0 Å². The minimum atomic E-state index is -0.596. The first-order valence-corrected chi connectivity index (χ1v) is 5.58. The van der Waals surface area contributed by atoms with Crippen LogP contribution in [0.25, 0.3) is 0 Å². The Kier molecular flexibility index (Phi) is 2.77. The van der Waals surface area contributed by atoms with Crippen LogP contribution in [0.3, 0.4) is 0 Å². The molecule has 14 heavy (non-hydrogen) atoms. The van der Waals surface area contributed by atoms with Crippen LogP contribution in [-0.2, 0) is 9.53 Å². The fourth-order valence-electron chi connectivity index (χ4n) is 2.48. The van der Waals surface area contributed by atoms with Gasteiger partial charge in [0.05, 0.1) is 11.5 Å². The Morgan fingerprint density at radius 2 is 2.21 bits per heavy atom. The molecular weight excluding hydrogens is 180 g/mol. The van der Waals surface area contributed by atoms with E-state index in [1.54, 1.807) is 0 Å². The van der Waals surface area contributed by atoms with Crippen molar-refractivity contribution in [3.8, 4) is 0 Å². The quantitative estimate of drug-likeness (QED) is 0.753.